The molecule has 0 radical (unpaired) electrons. The largest absolute Gasteiger partial charge is 0.389 e. The number of nitrogens with two attached hydrogens (primary N) is 1. The number of rotatable bonds is 2. The van der Waals surface area contributed by atoms with Crippen LogP contribution in [0.3, 0.4) is 0 Å². The fraction of sp³-hybridized carbons (Fsp3) is 0.375. The monoisotopic (exact) mass is 196 g/mol. The molecule has 4 nitrogen and oxygen atoms in total. The van der Waals surface area contributed by atoms with E-state index in [0.29, 0.717) is 16.4 Å². The number of thiocarbonyl (C=S) groups is 1. The van der Waals surface area contributed by atoms with Crippen LogP contribution in [-0.2, 0) is 0 Å². The van der Waals surface area contributed by atoms with Crippen molar-refractivity contribution in [2.75, 3.05) is 19.0 Å². The Hall–Kier alpha value is -1.23. The molecule has 0 amide bonds. The second-order valence-electron chi connectivity index (χ2n) is 2.91. The van der Waals surface area contributed by atoms with Crippen molar-refractivity contribution < 1.29 is 0 Å². The summed E-state index contributed by atoms with van der Waals surface area (Å²) in [6.45, 7) is 1.83. The zero-order valence-corrected chi connectivity index (χ0v) is 8.72. The topological polar surface area (TPSA) is 55.0 Å². The zero-order chi connectivity index (χ0) is 10.0. The summed E-state index contributed by atoms with van der Waals surface area (Å²) in [6, 6.07) is 0. The minimum atomic E-state index is 0.323. The summed E-state index contributed by atoms with van der Waals surface area (Å²) in [5.41, 5.74) is 6.24. The maximum Gasteiger partial charge on any atom is 0.142 e. The summed E-state index contributed by atoms with van der Waals surface area (Å²) in [5, 5.41) is 0. The fourth-order valence-electron chi connectivity index (χ4n) is 0.973. The van der Waals surface area contributed by atoms with Crippen molar-refractivity contribution in [3.63, 3.8) is 0 Å². The highest BCUT2D eigenvalue weighted by Crippen LogP contribution is 2.13. The maximum atomic E-state index is 5.53. The van der Waals surface area contributed by atoms with Crippen molar-refractivity contribution in [3.05, 3.63) is 17.6 Å². The van der Waals surface area contributed by atoms with Crippen molar-refractivity contribution in [1.82, 2.24) is 9.97 Å². The molecule has 70 valence electrons. The number of aryl methyl sites for hydroxylation is 1. The molecular formula is C8H12N4S. The third kappa shape index (κ3) is 2.12. The van der Waals surface area contributed by atoms with Crippen LogP contribution in [0.4, 0.5) is 5.82 Å². The second kappa shape index (κ2) is 3.66. The SMILES string of the molecule is Cc1ncc(C(N)=S)c(N(C)C)n1. The van der Waals surface area contributed by atoms with Gasteiger partial charge in [-0.2, -0.15) is 0 Å². The number of aromatic nitrogens is 2. The molecule has 0 fully saturated rings. The molecular weight excluding hydrogens is 184 g/mol. The summed E-state index contributed by atoms with van der Waals surface area (Å²) in [4.78, 5) is 10.5. The lowest BCUT2D eigenvalue weighted by atomic mass is 10.3. The lowest BCUT2D eigenvalue weighted by molar-refractivity contribution is 0.983. The van der Waals surface area contributed by atoms with Gasteiger partial charge in [-0.05, 0) is 6.92 Å². The van der Waals surface area contributed by atoms with E-state index in [1.807, 2.05) is 25.9 Å². The highest BCUT2D eigenvalue weighted by atomic mass is 32.1. The van der Waals surface area contributed by atoms with Crippen molar-refractivity contribution in [1.29, 1.82) is 0 Å². The van der Waals surface area contributed by atoms with E-state index in [1.54, 1.807) is 6.20 Å². The van der Waals surface area contributed by atoms with Crippen LogP contribution in [0.5, 0.6) is 0 Å². The molecule has 1 aromatic heterocycles. The molecule has 0 aliphatic rings. The predicted molar refractivity (Wildman–Crippen MR) is 57.0 cm³/mol. The Morgan fingerprint density at radius 2 is 2.15 bits per heavy atom. The van der Waals surface area contributed by atoms with Crippen LogP contribution in [-0.4, -0.2) is 29.1 Å². The van der Waals surface area contributed by atoms with Crippen molar-refractivity contribution in [2.45, 2.75) is 6.92 Å². The van der Waals surface area contributed by atoms with Crippen LogP contribution in [0.1, 0.15) is 11.4 Å². The van der Waals surface area contributed by atoms with Gasteiger partial charge in [0.2, 0.25) is 0 Å². The van der Waals surface area contributed by atoms with Gasteiger partial charge in [-0.1, -0.05) is 12.2 Å². The number of nitrogens with zero attached hydrogens (tertiary/aromatic N) is 3. The molecule has 0 bridgehead atoms. The molecule has 0 saturated heterocycles. The van der Waals surface area contributed by atoms with Gasteiger partial charge in [-0.15, -0.1) is 0 Å². The molecule has 0 unspecified atom stereocenters. The zero-order valence-electron chi connectivity index (χ0n) is 7.90. The number of anilines is 1. The van der Waals surface area contributed by atoms with Gasteiger partial charge < -0.3 is 10.6 Å². The number of hydrogen-bond acceptors (Lipinski definition) is 4. The van der Waals surface area contributed by atoms with Gasteiger partial charge in [-0.25, -0.2) is 9.97 Å². The lowest BCUT2D eigenvalue weighted by Gasteiger charge is -2.15. The van der Waals surface area contributed by atoms with E-state index in [4.69, 9.17) is 18.0 Å². The Bertz CT molecular complexity index is 335. The van der Waals surface area contributed by atoms with E-state index < -0.39 is 0 Å². The summed E-state index contributed by atoms with van der Waals surface area (Å²) in [6.07, 6.45) is 1.65. The third-order valence-corrected chi connectivity index (χ3v) is 1.80. The quantitative estimate of drug-likeness (QED) is 0.697. The molecule has 0 atom stereocenters. The predicted octanol–water partition coefficient (Wildman–Crippen LogP) is 0.485. The molecule has 13 heavy (non-hydrogen) atoms. The van der Waals surface area contributed by atoms with E-state index in [1.165, 1.54) is 0 Å². The van der Waals surface area contributed by atoms with Crippen molar-refractivity contribution in [3.8, 4) is 0 Å². The van der Waals surface area contributed by atoms with Gasteiger partial charge in [0.1, 0.15) is 16.6 Å². The van der Waals surface area contributed by atoms with Crippen molar-refractivity contribution >= 4 is 23.0 Å². The van der Waals surface area contributed by atoms with E-state index in [-0.39, 0.29) is 0 Å². The molecule has 0 saturated carbocycles. The Kier molecular flexibility index (Phi) is 2.77. The molecule has 0 aliphatic heterocycles. The van der Waals surface area contributed by atoms with Gasteiger partial charge in [0.05, 0.1) is 5.56 Å². The van der Waals surface area contributed by atoms with Gasteiger partial charge in [0.25, 0.3) is 0 Å². The van der Waals surface area contributed by atoms with Crippen LogP contribution < -0.4 is 10.6 Å². The van der Waals surface area contributed by atoms with Crippen LogP contribution in [0.2, 0.25) is 0 Å². The van der Waals surface area contributed by atoms with Gasteiger partial charge in [-0.3, -0.25) is 0 Å². The van der Waals surface area contributed by atoms with Gasteiger partial charge in [0, 0.05) is 20.3 Å². The first-order valence-electron chi connectivity index (χ1n) is 3.83. The highest BCUT2D eigenvalue weighted by Gasteiger charge is 2.09. The van der Waals surface area contributed by atoms with E-state index >= 15 is 0 Å². The molecule has 0 aliphatic carbocycles. The Morgan fingerprint density at radius 1 is 1.54 bits per heavy atom. The first-order chi connectivity index (χ1) is 6.02. The highest BCUT2D eigenvalue weighted by molar-refractivity contribution is 7.80. The Morgan fingerprint density at radius 3 is 2.62 bits per heavy atom. The first-order valence-corrected chi connectivity index (χ1v) is 4.24. The van der Waals surface area contributed by atoms with Gasteiger partial charge in [0.15, 0.2) is 0 Å². The Balaban J connectivity index is 3.26. The molecule has 0 aromatic carbocycles. The molecule has 2 N–H and O–H groups in total. The fourth-order valence-corrected chi connectivity index (χ4v) is 1.12. The molecule has 0 spiro atoms. The van der Waals surface area contributed by atoms with E-state index in [2.05, 4.69) is 9.97 Å². The third-order valence-electron chi connectivity index (χ3n) is 1.58. The minimum absolute atomic E-state index is 0.323. The van der Waals surface area contributed by atoms with Crippen LogP contribution in [0.25, 0.3) is 0 Å². The van der Waals surface area contributed by atoms with Crippen LogP contribution in [0, 0.1) is 6.92 Å². The average molecular weight is 196 g/mol. The molecule has 1 heterocycles. The average Bonchev–Trinajstić information content (AvgIpc) is 2.03. The summed E-state index contributed by atoms with van der Waals surface area (Å²) in [5.74, 6) is 1.48. The summed E-state index contributed by atoms with van der Waals surface area (Å²) < 4.78 is 0. The maximum absolute atomic E-state index is 5.53. The van der Waals surface area contributed by atoms with E-state index in [9.17, 15) is 0 Å². The van der Waals surface area contributed by atoms with Gasteiger partial charge >= 0.3 is 0 Å². The molecule has 1 rings (SSSR count). The molecule has 1 aromatic rings. The van der Waals surface area contributed by atoms with Crippen LogP contribution >= 0.6 is 12.2 Å². The standard InChI is InChI=1S/C8H12N4S/c1-5-10-4-6(7(9)13)8(11-5)12(2)3/h4H,1-3H3,(H2,9,13). The van der Waals surface area contributed by atoms with Crippen molar-refractivity contribution in [2.24, 2.45) is 5.73 Å². The summed E-state index contributed by atoms with van der Waals surface area (Å²) >= 11 is 4.88. The minimum Gasteiger partial charge on any atom is -0.389 e. The lowest BCUT2D eigenvalue weighted by Crippen LogP contribution is -2.20. The first kappa shape index (κ1) is 9.85. The van der Waals surface area contributed by atoms with E-state index in [0.717, 1.165) is 5.82 Å². The Labute approximate surface area is 82.8 Å². The smallest absolute Gasteiger partial charge is 0.142 e. The normalized spacial score (nSPS) is 9.77. The second-order valence-corrected chi connectivity index (χ2v) is 3.35. The molecule has 5 heteroatoms. The van der Waals surface area contributed by atoms with Crippen LogP contribution in [0.15, 0.2) is 6.20 Å². The summed E-state index contributed by atoms with van der Waals surface area (Å²) in [7, 11) is 3.78. The number of hydrogen-bond donors (Lipinski definition) is 1.